The second kappa shape index (κ2) is 10.2. The summed E-state index contributed by atoms with van der Waals surface area (Å²) in [5.41, 5.74) is 9.83. The molecule has 190 valence electrons. The van der Waals surface area contributed by atoms with Crippen molar-refractivity contribution in [3.05, 3.63) is 158 Å². The largest absolute Gasteiger partial charge is 0.344 e. The standard InChI is InChI=1S/C39H29N/c1-40(37-23-13-12-18-32(37)28-14-4-2-5-15-28)31-26-24-30(25-27-31)39-35-21-10-8-19-33(35)38(29-16-6-3-7-17-29)34-20-9-11-22-36(34)39/h2-27H,1H3. The van der Waals surface area contributed by atoms with Gasteiger partial charge in [-0.2, -0.15) is 0 Å². The number of nitrogens with zero attached hydrogens (tertiary/aromatic N) is 1. The highest BCUT2D eigenvalue weighted by atomic mass is 15.1. The van der Waals surface area contributed by atoms with Crippen molar-refractivity contribution in [1.29, 1.82) is 0 Å². The van der Waals surface area contributed by atoms with Gasteiger partial charge in [-0.3, -0.25) is 0 Å². The van der Waals surface area contributed by atoms with Crippen LogP contribution in [-0.2, 0) is 0 Å². The molecule has 0 heterocycles. The van der Waals surface area contributed by atoms with Crippen molar-refractivity contribution in [1.82, 2.24) is 0 Å². The Balaban J connectivity index is 1.37. The first kappa shape index (κ1) is 23.9. The highest BCUT2D eigenvalue weighted by molar-refractivity contribution is 6.21. The maximum Gasteiger partial charge on any atom is 0.0487 e. The first-order chi connectivity index (χ1) is 19.8. The Hall–Kier alpha value is -5.14. The third-order valence-corrected chi connectivity index (χ3v) is 7.89. The van der Waals surface area contributed by atoms with Gasteiger partial charge in [0.25, 0.3) is 0 Å². The van der Waals surface area contributed by atoms with Crippen molar-refractivity contribution in [3.8, 4) is 33.4 Å². The Morgan fingerprint density at radius 1 is 0.350 bits per heavy atom. The Labute approximate surface area is 235 Å². The molecule has 0 aliphatic heterocycles. The number of benzene rings is 7. The van der Waals surface area contributed by atoms with E-state index in [0.717, 1.165) is 5.69 Å². The Morgan fingerprint density at radius 3 is 1.27 bits per heavy atom. The van der Waals surface area contributed by atoms with E-state index in [2.05, 4.69) is 170 Å². The molecule has 0 aliphatic rings. The van der Waals surface area contributed by atoms with Crippen LogP contribution in [0.1, 0.15) is 0 Å². The van der Waals surface area contributed by atoms with Gasteiger partial charge in [-0.15, -0.1) is 0 Å². The lowest BCUT2D eigenvalue weighted by Gasteiger charge is -2.23. The Morgan fingerprint density at radius 2 is 0.750 bits per heavy atom. The lowest BCUT2D eigenvalue weighted by Crippen LogP contribution is -2.10. The van der Waals surface area contributed by atoms with E-state index < -0.39 is 0 Å². The van der Waals surface area contributed by atoms with Gasteiger partial charge in [-0.05, 0) is 67.6 Å². The molecular weight excluding hydrogens is 482 g/mol. The van der Waals surface area contributed by atoms with Gasteiger partial charge >= 0.3 is 0 Å². The molecule has 40 heavy (non-hydrogen) atoms. The summed E-state index contributed by atoms with van der Waals surface area (Å²) in [6, 6.07) is 56.6. The molecule has 0 saturated carbocycles. The molecule has 0 aliphatic carbocycles. The van der Waals surface area contributed by atoms with E-state index in [1.54, 1.807) is 0 Å². The minimum Gasteiger partial charge on any atom is -0.344 e. The smallest absolute Gasteiger partial charge is 0.0487 e. The second-order valence-corrected chi connectivity index (χ2v) is 10.2. The molecule has 0 radical (unpaired) electrons. The van der Waals surface area contributed by atoms with Crippen LogP contribution in [0.4, 0.5) is 11.4 Å². The number of fused-ring (bicyclic) bond motifs is 2. The van der Waals surface area contributed by atoms with Crippen LogP contribution in [0, 0.1) is 0 Å². The first-order valence-corrected chi connectivity index (χ1v) is 13.8. The third kappa shape index (κ3) is 4.13. The topological polar surface area (TPSA) is 3.24 Å². The molecular formula is C39H29N. The number of rotatable bonds is 5. The third-order valence-electron chi connectivity index (χ3n) is 7.89. The van der Waals surface area contributed by atoms with E-state index in [1.165, 1.54) is 60.6 Å². The van der Waals surface area contributed by atoms with Gasteiger partial charge in [0.1, 0.15) is 0 Å². The first-order valence-electron chi connectivity index (χ1n) is 13.8. The zero-order valence-electron chi connectivity index (χ0n) is 22.5. The van der Waals surface area contributed by atoms with Crippen molar-refractivity contribution in [2.75, 3.05) is 11.9 Å². The average Bonchev–Trinajstić information content (AvgIpc) is 3.04. The summed E-state index contributed by atoms with van der Waals surface area (Å²) in [5, 5.41) is 5.10. The normalized spacial score (nSPS) is 11.1. The van der Waals surface area contributed by atoms with Crippen LogP contribution >= 0.6 is 0 Å². The lowest BCUT2D eigenvalue weighted by atomic mass is 9.86. The van der Waals surface area contributed by atoms with E-state index >= 15 is 0 Å². The van der Waals surface area contributed by atoms with E-state index in [1.807, 2.05) is 0 Å². The van der Waals surface area contributed by atoms with Crippen LogP contribution in [-0.4, -0.2) is 7.05 Å². The monoisotopic (exact) mass is 511 g/mol. The fraction of sp³-hybridized carbons (Fsp3) is 0.0256. The Kier molecular flexibility index (Phi) is 6.11. The van der Waals surface area contributed by atoms with Gasteiger partial charge in [0.05, 0.1) is 0 Å². The summed E-state index contributed by atoms with van der Waals surface area (Å²) < 4.78 is 0. The van der Waals surface area contributed by atoms with Crippen molar-refractivity contribution >= 4 is 32.9 Å². The van der Waals surface area contributed by atoms with Gasteiger partial charge in [0, 0.05) is 24.0 Å². The summed E-state index contributed by atoms with van der Waals surface area (Å²) in [6.45, 7) is 0. The molecule has 0 saturated heterocycles. The van der Waals surface area contributed by atoms with E-state index in [9.17, 15) is 0 Å². The molecule has 7 aromatic carbocycles. The minimum atomic E-state index is 1.15. The van der Waals surface area contributed by atoms with Gasteiger partial charge in [-0.25, -0.2) is 0 Å². The molecule has 7 aromatic rings. The molecule has 0 aromatic heterocycles. The van der Waals surface area contributed by atoms with Crippen LogP contribution in [0.3, 0.4) is 0 Å². The van der Waals surface area contributed by atoms with Crippen LogP contribution in [0.25, 0.3) is 54.9 Å². The predicted octanol–water partition coefficient (Wildman–Crippen LogP) is 10.8. The van der Waals surface area contributed by atoms with Crippen LogP contribution in [0.15, 0.2) is 158 Å². The predicted molar refractivity (Wildman–Crippen MR) is 172 cm³/mol. The highest BCUT2D eigenvalue weighted by Gasteiger charge is 2.17. The fourth-order valence-electron chi connectivity index (χ4n) is 5.97. The number of para-hydroxylation sites is 1. The molecule has 0 N–H and O–H groups in total. The molecule has 0 fully saturated rings. The SMILES string of the molecule is CN(c1ccc(-c2c3ccccc3c(-c3ccccc3)c3ccccc23)cc1)c1ccccc1-c1ccccc1. The molecule has 0 atom stereocenters. The van der Waals surface area contributed by atoms with Crippen molar-refractivity contribution < 1.29 is 0 Å². The second-order valence-electron chi connectivity index (χ2n) is 10.2. The number of hydrogen-bond donors (Lipinski definition) is 0. The van der Waals surface area contributed by atoms with Crippen LogP contribution in [0.2, 0.25) is 0 Å². The summed E-state index contributed by atoms with van der Waals surface area (Å²) in [7, 11) is 2.15. The minimum absolute atomic E-state index is 1.15. The van der Waals surface area contributed by atoms with Gasteiger partial charge in [0.15, 0.2) is 0 Å². The molecule has 0 amide bonds. The van der Waals surface area contributed by atoms with Crippen molar-refractivity contribution in [2.45, 2.75) is 0 Å². The zero-order chi connectivity index (χ0) is 26.9. The summed E-state index contributed by atoms with van der Waals surface area (Å²) in [4.78, 5) is 2.28. The lowest BCUT2D eigenvalue weighted by molar-refractivity contribution is 1.21. The molecule has 7 rings (SSSR count). The van der Waals surface area contributed by atoms with Crippen LogP contribution < -0.4 is 4.90 Å². The summed E-state index contributed by atoms with van der Waals surface area (Å²) >= 11 is 0. The average molecular weight is 512 g/mol. The Bertz CT molecular complexity index is 1880. The molecule has 1 nitrogen and oxygen atoms in total. The van der Waals surface area contributed by atoms with Gasteiger partial charge in [0.2, 0.25) is 0 Å². The summed E-state index contributed by atoms with van der Waals surface area (Å²) in [5.74, 6) is 0. The number of anilines is 2. The molecule has 1 heteroatoms. The highest BCUT2D eigenvalue weighted by Crippen LogP contribution is 2.44. The van der Waals surface area contributed by atoms with E-state index in [-0.39, 0.29) is 0 Å². The number of hydrogen-bond acceptors (Lipinski definition) is 1. The summed E-state index contributed by atoms with van der Waals surface area (Å²) in [6.07, 6.45) is 0. The molecule has 0 spiro atoms. The van der Waals surface area contributed by atoms with Crippen molar-refractivity contribution in [3.63, 3.8) is 0 Å². The van der Waals surface area contributed by atoms with E-state index in [4.69, 9.17) is 0 Å². The fourth-order valence-corrected chi connectivity index (χ4v) is 5.97. The van der Waals surface area contributed by atoms with Gasteiger partial charge in [-0.1, -0.05) is 140 Å². The maximum atomic E-state index is 2.28. The zero-order valence-corrected chi connectivity index (χ0v) is 22.5. The quantitative estimate of drug-likeness (QED) is 0.208. The van der Waals surface area contributed by atoms with Gasteiger partial charge < -0.3 is 4.90 Å². The maximum absolute atomic E-state index is 2.28. The van der Waals surface area contributed by atoms with Crippen molar-refractivity contribution in [2.24, 2.45) is 0 Å². The molecule has 0 unspecified atom stereocenters. The molecule has 0 bridgehead atoms. The van der Waals surface area contributed by atoms with E-state index in [0.29, 0.717) is 0 Å². The van der Waals surface area contributed by atoms with Crippen LogP contribution in [0.5, 0.6) is 0 Å².